The molecule has 64 valence electrons. The van der Waals surface area contributed by atoms with Crippen molar-refractivity contribution in [2.75, 3.05) is 17.6 Å². The lowest BCUT2D eigenvalue weighted by Crippen LogP contribution is -2.13. The van der Waals surface area contributed by atoms with Crippen LogP contribution in [0.2, 0.25) is 0 Å². The van der Waals surface area contributed by atoms with Crippen LogP contribution < -0.4 is 11.1 Å². The zero-order chi connectivity index (χ0) is 8.55. The smallest absolute Gasteiger partial charge is 0.0607 e. The standard InChI is InChI=1S/C9H11IN2/c10-7-4-6-2-1-3-12-9(6)8(11)5-7/h4-5,12H,1-3,11H2. The first kappa shape index (κ1) is 8.16. The molecule has 0 aliphatic carbocycles. The van der Waals surface area contributed by atoms with Crippen molar-refractivity contribution in [1.29, 1.82) is 0 Å². The number of anilines is 2. The zero-order valence-electron chi connectivity index (χ0n) is 6.73. The topological polar surface area (TPSA) is 38.0 Å². The van der Waals surface area contributed by atoms with E-state index >= 15 is 0 Å². The van der Waals surface area contributed by atoms with Gasteiger partial charge >= 0.3 is 0 Å². The van der Waals surface area contributed by atoms with Gasteiger partial charge in [-0.15, -0.1) is 0 Å². The van der Waals surface area contributed by atoms with Crippen molar-refractivity contribution in [2.45, 2.75) is 12.8 Å². The lowest BCUT2D eigenvalue weighted by molar-refractivity contribution is 0.830. The monoisotopic (exact) mass is 274 g/mol. The fourth-order valence-corrected chi connectivity index (χ4v) is 2.30. The summed E-state index contributed by atoms with van der Waals surface area (Å²) in [6.07, 6.45) is 2.37. The molecule has 0 saturated carbocycles. The van der Waals surface area contributed by atoms with Crippen LogP contribution in [0.5, 0.6) is 0 Å². The first-order valence-electron chi connectivity index (χ1n) is 4.09. The highest BCUT2D eigenvalue weighted by Gasteiger charge is 2.11. The lowest BCUT2D eigenvalue weighted by Gasteiger charge is -2.19. The minimum absolute atomic E-state index is 0.886. The maximum absolute atomic E-state index is 5.87. The van der Waals surface area contributed by atoms with Gasteiger partial charge in [0, 0.05) is 10.1 Å². The number of nitrogens with one attached hydrogen (secondary N) is 1. The van der Waals surface area contributed by atoms with Gasteiger partial charge in [-0.2, -0.15) is 0 Å². The van der Waals surface area contributed by atoms with Gasteiger partial charge in [-0.1, -0.05) is 0 Å². The van der Waals surface area contributed by atoms with E-state index in [0.29, 0.717) is 0 Å². The number of aryl methyl sites for hydroxylation is 1. The molecule has 3 heteroatoms. The second kappa shape index (κ2) is 3.12. The summed E-state index contributed by atoms with van der Waals surface area (Å²) in [5.74, 6) is 0. The van der Waals surface area contributed by atoms with Crippen molar-refractivity contribution in [2.24, 2.45) is 0 Å². The average molecular weight is 274 g/mol. The van der Waals surface area contributed by atoms with Crippen LogP contribution in [0.15, 0.2) is 12.1 Å². The van der Waals surface area contributed by atoms with Gasteiger partial charge in [0.05, 0.1) is 11.4 Å². The molecule has 0 fully saturated rings. The lowest BCUT2D eigenvalue weighted by atomic mass is 10.0. The number of rotatable bonds is 0. The van der Waals surface area contributed by atoms with Crippen LogP contribution in [0, 0.1) is 3.57 Å². The molecule has 3 N–H and O–H groups in total. The van der Waals surface area contributed by atoms with Crippen molar-refractivity contribution in [3.63, 3.8) is 0 Å². The highest BCUT2D eigenvalue weighted by molar-refractivity contribution is 14.1. The number of hydrogen-bond donors (Lipinski definition) is 2. The number of nitrogens with two attached hydrogens (primary N) is 1. The van der Waals surface area contributed by atoms with E-state index in [-0.39, 0.29) is 0 Å². The van der Waals surface area contributed by atoms with Crippen molar-refractivity contribution in [3.05, 3.63) is 21.3 Å². The molecule has 0 amide bonds. The first-order valence-corrected chi connectivity index (χ1v) is 5.17. The van der Waals surface area contributed by atoms with Gasteiger partial charge in [-0.25, -0.2) is 0 Å². The molecule has 2 nitrogen and oxygen atoms in total. The van der Waals surface area contributed by atoms with Crippen molar-refractivity contribution < 1.29 is 0 Å². The Morgan fingerprint density at radius 2 is 2.25 bits per heavy atom. The molecule has 0 saturated heterocycles. The number of nitrogen functional groups attached to an aromatic ring is 1. The van der Waals surface area contributed by atoms with Gasteiger partial charge in [0.1, 0.15) is 0 Å². The summed E-state index contributed by atoms with van der Waals surface area (Å²) < 4.78 is 1.23. The van der Waals surface area contributed by atoms with Gasteiger partial charge in [0.2, 0.25) is 0 Å². The Balaban J connectivity index is 2.53. The summed E-state index contributed by atoms with van der Waals surface area (Å²) in [7, 11) is 0. The molecule has 1 aliphatic heterocycles. The summed E-state index contributed by atoms with van der Waals surface area (Å²) >= 11 is 2.30. The molecular weight excluding hydrogens is 263 g/mol. The molecule has 1 aromatic carbocycles. The second-order valence-electron chi connectivity index (χ2n) is 3.06. The van der Waals surface area contributed by atoms with Crippen molar-refractivity contribution in [1.82, 2.24) is 0 Å². The van der Waals surface area contributed by atoms with Crippen LogP contribution in [-0.4, -0.2) is 6.54 Å². The molecular formula is C9H11IN2. The summed E-state index contributed by atoms with van der Waals surface area (Å²) in [6, 6.07) is 4.22. The minimum Gasteiger partial charge on any atom is -0.397 e. The quantitative estimate of drug-likeness (QED) is 0.562. The number of benzene rings is 1. The van der Waals surface area contributed by atoms with E-state index in [4.69, 9.17) is 5.73 Å². The van der Waals surface area contributed by atoms with Crippen LogP contribution in [0.3, 0.4) is 0 Å². The molecule has 0 radical (unpaired) electrons. The van der Waals surface area contributed by atoms with Gasteiger partial charge in [0.15, 0.2) is 0 Å². The number of fused-ring (bicyclic) bond motifs is 1. The van der Waals surface area contributed by atoms with Gasteiger partial charge in [-0.05, 0) is 53.1 Å². The number of halogens is 1. The molecule has 2 rings (SSSR count). The normalized spacial score (nSPS) is 15.1. The third-order valence-corrected chi connectivity index (χ3v) is 2.76. The molecule has 1 aromatic rings. The third-order valence-electron chi connectivity index (χ3n) is 2.14. The van der Waals surface area contributed by atoms with E-state index in [9.17, 15) is 0 Å². The minimum atomic E-state index is 0.886. The molecule has 0 bridgehead atoms. The molecule has 0 atom stereocenters. The van der Waals surface area contributed by atoms with E-state index in [1.807, 2.05) is 6.07 Å². The van der Waals surface area contributed by atoms with Gasteiger partial charge < -0.3 is 11.1 Å². The van der Waals surface area contributed by atoms with Gasteiger partial charge in [-0.3, -0.25) is 0 Å². The first-order chi connectivity index (χ1) is 5.77. The molecule has 0 aromatic heterocycles. The molecule has 0 spiro atoms. The van der Waals surface area contributed by atoms with E-state index in [1.165, 1.54) is 15.6 Å². The summed E-state index contributed by atoms with van der Waals surface area (Å²) in [5.41, 5.74) is 9.28. The van der Waals surface area contributed by atoms with E-state index in [0.717, 1.165) is 24.3 Å². The Bertz CT molecular complexity index is 310. The fraction of sp³-hybridized carbons (Fsp3) is 0.333. The predicted molar refractivity (Wildman–Crippen MR) is 60.4 cm³/mol. The average Bonchev–Trinajstić information content (AvgIpc) is 2.04. The van der Waals surface area contributed by atoms with Crippen LogP contribution in [-0.2, 0) is 6.42 Å². The Morgan fingerprint density at radius 3 is 3.08 bits per heavy atom. The highest BCUT2D eigenvalue weighted by Crippen LogP contribution is 2.29. The van der Waals surface area contributed by atoms with Gasteiger partial charge in [0.25, 0.3) is 0 Å². The molecule has 1 heterocycles. The fourth-order valence-electron chi connectivity index (χ4n) is 1.59. The maximum atomic E-state index is 5.87. The molecule has 12 heavy (non-hydrogen) atoms. The van der Waals surface area contributed by atoms with Crippen LogP contribution in [0.25, 0.3) is 0 Å². The van der Waals surface area contributed by atoms with Crippen LogP contribution in [0.4, 0.5) is 11.4 Å². The highest BCUT2D eigenvalue weighted by atomic mass is 127. The largest absolute Gasteiger partial charge is 0.397 e. The Kier molecular flexibility index (Phi) is 2.12. The van der Waals surface area contributed by atoms with Crippen LogP contribution in [0.1, 0.15) is 12.0 Å². The van der Waals surface area contributed by atoms with Crippen molar-refractivity contribution in [3.8, 4) is 0 Å². The van der Waals surface area contributed by atoms with Crippen molar-refractivity contribution >= 4 is 34.0 Å². The second-order valence-corrected chi connectivity index (χ2v) is 4.31. The van der Waals surface area contributed by atoms with E-state index in [2.05, 4.69) is 34.0 Å². The predicted octanol–water partition coefficient (Wildman–Crippen LogP) is 2.23. The zero-order valence-corrected chi connectivity index (χ0v) is 8.89. The van der Waals surface area contributed by atoms with E-state index in [1.54, 1.807) is 0 Å². The summed E-state index contributed by atoms with van der Waals surface area (Å²) in [5, 5.41) is 3.33. The Hall–Kier alpha value is -0.450. The Labute approximate surface area is 85.7 Å². The summed E-state index contributed by atoms with van der Waals surface area (Å²) in [6.45, 7) is 1.05. The molecule has 1 aliphatic rings. The molecule has 0 unspecified atom stereocenters. The Morgan fingerprint density at radius 1 is 1.42 bits per heavy atom. The number of hydrogen-bond acceptors (Lipinski definition) is 2. The van der Waals surface area contributed by atoms with E-state index < -0.39 is 0 Å². The third kappa shape index (κ3) is 1.37. The maximum Gasteiger partial charge on any atom is 0.0607 e. The SMILES string of the molecule is Nc1cc(I)cc2c1NCCC2. The van der Waals surface area contributed by atoms with Crippen LogP contribution >= 0.6 is 22.6 Å². The summed E-state index contributed by atoms with van der Waals surface area (Å²) in [4.78, 5) is 0.